The van der Waals surface area contributed by atoms with Gasteiger partial charge < -0.3 is 10.1 Å². The van der Waals surface area contributed by atoms with Crippen molar-refractivity contribution in [1.29, 1.82) is 0 Å². The zero-order chi connectivity index (χ0) is 19.1. The highest BCUT2D eigenvalue weighted by Gasteiger charge is 2.25. The van der Waals surface area contributed by atoms with Gasteiger partial charge in [0.25, 0.3) is 0 Å². The number of rotatable bonds is 7. The number of nitrogens with zero attached hydrogens (tertiary/aromatic N) is 1. The lowest BCUT2D eigenvalue weighted by Gasteiger charge is -2.32. The summed E-state index contributed by atoms with van der Waals surface area (Å²) in [7, 11) is 0. The van der Waals surface area contributed by atoms with Crippen molar-refractivity contribution in [3.05, 3.63) is 65.5 Å². The number of nitrogens with one attached hydrogen (secondary N) is 1. The number of likely N-dealkylation sites (tertiary alicyclic amines) is 1. The van der Waals surface area contributed by atoms with E-state index in [1.165, 1.54) is 17.7 Å². The third-order valence-electron chi connectivity index (χ3n) is 4.89. The molecule has 1 unspecified atom stereocenters. The molecule has 1 aliphatic rings. The molecule has 3 rings (SSSR count). The van der Waals surface area contributed by atoms with Gasteiger partial charge >= 0.3 is 0 Å². The monoisotopic (exact) mass is 370 g/mol. The van der Waals surface area contributed by atoms with Crippen LogP contribution < -0.4 is 10.1 Å². The summed E-state index contributed by atoms with van der Waals surface area (Å²) in [4.78, 5) is 14.7. The second-order valence-electron chi connectivity index (χ2n) is 7.15. The largest absolute Gasteiger partial charge is 0.492 e. The molecule has 1 heterocycles. The summed E-state index contributed by atoms with van der Waals surface area (Å²) < 4.78 is 18.7. The molecule has 144 valence electrons. The van der Waals surface area contributed by atoms with Gasteiger partial charge in [-0.25, -0.2) is 4.39 Å². The molecular weight excluding hydrogens is 343 g/mol. The maximum Gasteiger partial charge on any atom is 0.224 e. The van der Waals surface area contributed by atoms with Crippen molar-refractivity contribution < 1.29 is 13.9 Å². The molecule has 0 radical (unpaired) electrons. The number of hydrogen-bond donors (Lipinski definition) is 1. The zero-order valence-corrected chi connectivity index (χ0v) is 15.8. The molecule has 1 atom stereocenters. The van der Waals surface area contributed by atoms with Crippen LogP contribution in [0.25, 0.3) is 0 Å². The fraction of sp³-hybridized carbons (Fsp3) is 0.409. The van der Waals surface area contributed by atoms with Gasteiger partial charge in [-0.15, -0.1) is 0 Å². The highest BCUT2D eigenvalue weighted by molar-refractivity contribution is 5.78. The Morgan fingerprint density at radius 2 is 1.93 bits per heavy atom. The maximum absolute atomic E-state index is 13.0. The highest BCUT2D eigenvalue weighted by Crippen LogP contribution is 2.19. The molecule has 2 aromatic rings. The second kappa shape index (κ2) is 9.51. The molecule has 1 fully saturated rings. The predicted octanol–water partition coefficient (Wildman–Crippen LogP) is 3.54. The van der Waals surface area contributed by atoms with E-state index in [0.717, 1.165) is 43.8 Å². The normalized spacial score (nSPS) is 17.5. The van der Waals surface area contributed by atoms with Gasteiger partial charge in [0, 0.05) is 13.1 Å². The van der Waals surface area contributed by atoms with E-state index in [-0.39, 0.29) is 17.6 Å². The molecule has 4 nitrogen and oxygen atoms in total. The summed E-state index contributed by atoms with van der Waals surface area (Å²) in [6.45, 7) is 5.45. The Bertz CT molecular complexity index is 731. The molecular formula is C22H27FN2O2. The quantitative estimate of drug-likeness (QED) is 0.758. The third-order valence-corrected chi connectivity index (χ3v) is 4.89. The minimum Gasteiger partial charge on any atom is -0.492 e. The van der Waals surface area contributed by atoms with Gasteiger partial charge in [0.1, 0.15) is 18.2 Å². The summed E-state index contributed by atoms with van der Waals surface area (Å²) in [6.07, 6.45) is 1.91. The number of benzene rings is 2. The molecule has 0 bridgehead atoms. The highest BCUT2D eigenvalue weighted by atomic mass is 19.1. The molecule has 27 heavy (non-hydrogen) atoms. The van der Waals surface area contributed by atoms with E-state index in [1.807, 2.05) is 31.2 Å². The van der Waals surface area contributed by atoms with Crippen molar-refractivity contribution in [2.24, 2.45) is 5.92 Å². The van der Waals surface area contributed by atoms with E-state index >= 15 is 0 Å². The molecule has 0 aromatic heterocycles. The summed E-state index contributed by atoms with van der Waals surface area (Å²) in [5.41, 5.74) is 2.27. The van der Waals surface area contributed by atoms with E-state index in [4.69, 9.17) is 4.74 Å². The lowest BCUT2D eigenvalue weighted by molar-refractivity contribution is -0.126. The molecule has 1 saturated heterocycles. The van der Waals surface area contributed by atoms with E-state index in [0.29, 0.717) is 13.2 Å². The molecule has 1 aliphatic heterocycles. The standard InChI is InChI=1S/C22H27FN2O2/c1-17-4-10-21(11-5-17)27-14-12-24-22(26)19-3-2-13-25(16-19)15-18-6-8-20(23)9-7-18/h4-11,19H,2-3,12-16H2,1H3,(H,24,26). The van der Waals surface area contributed by atoms with Crippen LogP contribution in [0.4, 0.5) is 4.39 Å². The van der Waals surface area contributed by atoms with Crippen LogP contribution in [0.1, 0.15) is 24.0 Å². The van der Waals surface area contributed by atoms with Crippen LogP contribution in [0, 0.1) is 18.7 Å². The Labute approximate surface area is 160 Å². The first-order chi connectivity index (χ1) is 13.1. The van der Waals surface area contributed by atoms with Gasteiger partial charge in [-0.1, -0.05) is 29.8 Å². The van der Waals surface area contributed by atoms with Crippen LogP contribution in [0.15, 0.2) is 48.5 Å². The van der Waals surface area contributed by atoms with Crippen LogP contribution in [0.3, 0.4) is 0 Å². The Morgan fingerprint density at radius 3 is 2.67 bits per heavy atom. The summed E-state index contributed by atoms with van der Waals surface area (Å²) >= 11 is 0. The number of piperidine rings is 1. The lowest BCUT2D eigenvalue weighted by atomic mass is 9.96. The van der Waals surface area contributed by atoms with Gasteiger partial charge in [0.15, 0.2) is 0 Å². The first-order valence-electron chi connectivity index (χ1n) is 9.54. The lowest BCUT2D eigenvalue weighted by Crippen LogP contribution is -2.43. The number of carbonyl (C=O) groups excluding carboxylic acids is 1. The summed E-state index contributed by atoms with van der Waals surface area (Å²) in [5.74, 6) is 0.686. The molecule has 0 aliphatic carbocycles. The predicted molar refractivity (Wildman–Crippen MR) is 104 cm³/mol. The number of ether oxygens (including phenoxy) is 1. The molecule has 2 aromatic carbocycles. The Kier molecular flexibility index (Phi) is 6.82. The minimum atomic E-state index is -0.220. The van der Waals surface area contributed by atoms with Crippen molar-refractivity contribution >= 4 is 5.91 Å². The summed E-state index contributed by atoms with van der Waals surface area (Å²) in [5, 5.41) is 2.99. The first kappa shape index (κ1) is 19.4. The number of halogens is 1. The summed E-state index contributed by atoms with van der Waals surface area (Å²) in [6, 6.07) is 14.5. The van der Waals surface area contributed by atoms with Crippen LogP contribution >= 0.6 is 0 Å². The molecule has 0 saturated carbocycles. The van der Waals surface area contributed by atoms with Crippen molar-refractivity contribution in [3.8, 4) is 5.75 Å². The smallest absolute Gasteiger partial charge is 0.224 e. The van der Waals surface area contributed by atoms with Crippen LogP contribution in [0.5, 0.6) is 5.75 Å². The van der Waals surface area contributed by atoms with Crippen molar-refractivity contribution in [2.45, 2.75) is 26.3 Å². The fourth-order valence-corrected chi connectivity index (χ4v) is 3.38. The topological polar surface area (TPSA) is 41.6 Å². The average molecular weight is 370 g/mol. The van der Waals surface area contributed by atoms with Gasteiger partial charge in [-0.3, -0.25) is 9.69 Å². The van der Waals surface area contributed by atoms with Crippen LogP contribution in [-0.2, 0) is 11.3 Å². The van der Waals surface area contributed by atoms with Gasteiger partial charge in [0.2, 0.25) is 5.91 Å². The minimum absolute atomic E-state index is 0.00132. The van der Waals surface area contributed by atoms with Crippen LogP contribution in [-0.4, -0.2) is 37.0 Å². The van der Waals surface area contributed by atoms with E-state index < -0.39 is 0 Å². The van der Waals surface area contributed by atoms with Gasteiger partial charge in [-0.05, 0) is 56.1 Å². The fourth-order valence-electron chi connectivity index (χ4n) is 3.38. The van der Waals surface area contributed by atoms with Gasteiger partial charge in [-0.2, -0.15) is 0 Å². The number of aryl methyl sites for hydroxylation is 1. The number of amides is 1. The van der Waals surface area contributed by atoms with Crippen molar-refractivity contribution in [3.63, 3.8) is 0 Å². The SMILES string of the molecule is Cc1ccc(OCCNC(=O)C2CCCN(Cc3ccc(F)cc3)C2)cc1. The molecule has 1 N–H and O–H groups in total. The van der Waals surface area contributed by atoms with Crippen molar-refractivity contribution in [1.82, 2.24) is 10.2 Å². The molecule has 5 heteroatoms. The molecule has 1 amide bonds. The number of carbonyl (C=O) groups is 1. The van der Waals surface area contributed by atoms with Crippen molar-refractivity contribution in [2.75, 3.05) is 26.2 Å². The number of hydrogen-bond acceptors (Lipinski definition) is 3. The van der Waals surface area contributed by atoms with E-state index in [2.05, 4.69) is 10.2 Å². The maximum atomic E-state index is 13.0. The molecule has 0 spiro atoms. The Balaban J connectivity index is 1.40. The second-order valence-corrected chi connectivity index (χ2v) is 7.15. The van der Waals surface area contributed by atoms with E-state index in [1.54, 1.807) is 12.1 Å². The Morgan fingerprint density at radius 1 is 1.19 bits per heavy atom. The van der Waals surface area contributed by atoms with E-state index in [9.17, 15) is 9.18 Å². The first-order valence-corrected chi connectivity index (χ1v) is 9.54. The zero-order valence-electron chi connectivity index (χ0n) is 15.8. The van der Waals surface area contributed by atoms with Crippen LogP contribution in [0.2, 0.25) is 0 Å². The van der Waals surface area contributed by atoms with Gasteiger partial charge in [0.05, 0.1) is 12.5 Å². The average Bonchev–Trinajstić information content (AvgIpc) is 2.68. The Hall–Kier alpha value is -2.40. The third kappa shape index (κ3) is 6.07.